The van der Waals surface area contributed by atoms with E-state index in [1.165, 1.54) is 11.1 Å². The van der Waals surface area contributed by atoms with Crippen LogP contribution in [0.3, 0.4) is 0 Å². The molecule has 2 unspecified atom stereocenters. The van der Waals surface area contributed by atoms with Gasteiger partial charge in [-0.05, 0) is 37.5 Å². The summed E-state index contributed by atoms with van der Waals surface area (Å²) in [6.07, 6.45) is 2.04. The number of hydrogen-bond acceptors (Lipinski definition) is 4. The molecule has 33 heavy (non-hydrogen) atoms. The van der Waals surface area contributed by atoms with E-state index in [1.54, 1.807) is 7.11 Å². The first kappa shape index (κ1) is 27.4. The molecule has 2 atom stereocenters. The van der Waals surface area contributed by atoms with Gasteiger partial charge in [0.25, 0.3) is 0 Å². The molecule has 0 saturated carbocycles. The van der Waals surface area contributed by atoms with Gasteiger partial charge in [-0.3, -0.25) is 0 Å². The molecule has 7 heteroatoms. The molecule has 0 aromatic heterocycles. The van der Waals surface area contributed by atoms with E-state index in [-0.39, 0.29) is 30.1 Å². The van der Waals surface area contributed by atoms with E-state index in [1.807, 2.05) is 6.07 Å². The van der Waals surface area contributed by atoms with Gasteiger partial charge in [0.2, 0.25) is 0 Å². The molecule has 0 bridgehead atoms. The summed E-state index contributed by atoms with van der Waals surface area (Å²) in [7, 11) is 1.71. The van der Waals surface area contributed by atoms with Crippen LogP contribution in [0.5, 0.6) is 5.75 Å². The number of aliphatic imine (C=N–C) groups is 1. The lowest BCUT2D eigenvalue weighted by atomic mass is 9.95. The molecule has 182 valence electrons. The number of nitrogens with zero attached hydrogens (tertiary/aromatic N) is 1. The molecule has 0 radical (unpaired) electrons. The summed E-state index contributed by atoms with van der Waals surface area (Å²) in [4.78, 5) is 4.83. The van der Waals surface area contributed by atoms with E-state index in [9.17, 15) is 0 Å². The number of rotatable bonds is 11. The molecule has 1 aliphatic rings. The van der Waals surface area contributed by atoms with Crippen LogP contribution in [0.25, 0.3) is 0 Å². The normalized spacial score (nSPS) is 18.0. The van der Waals surface area contributed by atoms with Gasteiger partial charge >= 0.3 is 0 Å². The molecule has 3 rings (SSSR count). The summed E-state index contributed by atoms with van der Waals surface area (Å²) < 4.78 is 17.2. The average molecular weight is 568 g/mol. The van der Waals surface area contributed by atoms with Gasteiger partial charge in [0.05, 0.1) is 19.3 Å². The number of hydrogen-bond donors (Lipinski definition) is 2. The van der Waals surface area contributed by atoms with Crippen LogP contribution in [-0.2, 0) is 16.0 Å². The first-order valence-corrected chi connectivity index (χ1v) is 11.6. The predicted molar refractivity (Wildman–Crippen MR) is 145 cm³/mol. The van der Waals surface area contributed by atoms with Crippen molar-refractivity contribution in [3.05, 3.63) is 65.2 Å². The molecule has 2 aromatic rings. The third-order valence-corrected chi connectivity index (χ3v) is 5.60. The Hall–Kier alpha value is -1.84. The Labute approximate surface area is 215 Å². The molecule has 0 amide bonds. The van der Waals surface area contributed by atoms with Gasteiger partial charge in [0.15, 0.2) is 5.96 Å². The fourth-order valence-corrected chi connectivity index (χ4v) is 3.90. The Morgan fingerprint density at radius 3 is 2.70 bits per heavy atom. The molecule has 1 heterocycles. The largest absolute Gasteiger partial charge is 0.493 e. The summed E-state index contributed by atoms with van der Waals surface area (Å²) in [5.41, 5.74) is 3.50. The lowest BCUT2D eigenvalue weighted by Crippen LogP contribution is -2.40. The van der Waals surface area contributed by atoms with Crippen molar-refractivity contribution in [2.24, 2.45) is 10.9 Å². The third-order valence-electron chi connectivity index (χ3n) is 5.60. The van der Waals surface area contributed by atoms with Gasteiger partial charge in [0, 0.05) is 51.3 Å². The van der Waals surface area contributed by atoms with Crippen LogP contribution in [0.4, 0.5) is 0 Å². The molecule has 2 aromatic carbocycles. The molecular weight excluding hydrogens is 529 g/mol. The highest BCUT2D eigenvalue weighted by molar-refractivity contribution is 14.0. The summed E-state index contributed by atoms with van der Waals surface area (Å²) in [6, 6.07) is 16.8. The summed E-state index contributed by atoms with van der Waals surface area (Å²) in [5.74, 6) is 2.13. The SMILES string of the molecule is CCNC(=NCc1ccc(C)cc1OCCCOC)NCC1CCOC1c1ccccc1.I. The van der Waals surface area contributed by atoms with Crippen molar-refractivity contribution in [1.29, 1.82) is 0 Å². The van der Waals surface area contributed by atoms with E-state index in [2.05, 4.69) is 66.9 Å². The van der Waals surface area contributed by atoms with Gasteiger partial charge in [-0.2, -0.15) is 0 Å². The summed E-state index contributed by atoms with van der Waals surface area (Å²) in [5, 5.41) is 6.89. The Kier molecular flexibility index (Phi) is 12.6. The lowest BCUT2D eigenvalue weighted by Gasteiger charge is -2.21. The first-order valence-electron chi connectivity index (χ1n) is 11.6. The number of aryl methyl sites for hydroxylation is 1. The smallest absolute Gasteiger partial charge is 0.191 e. The highest BCUT2D eigenvalue weighted by Gasteiger charge is 2.29. The highest BCUT2D eigenvalue weighted by atomic mass is 127. The molecule has 0 spiro atoms. The topological polar surface area (TPSA) is 64.1 Å². The van der Waals surface area contributed by atoms with Crippen molar-refractivity contribution in [3.63, 3.8) is 0 Å². The minimum Gasteiger partial charge on any atom is -0.493 e. The Morgan fingerprint density at radius 2 is 1.94 bits per heavy atom. The van der Waals surface area contributed by atoms with Crippen molar-refractivity contribution in [1.82, 2.24) is 10.6 Å². The fourth-order valence-electron chi connectivity index (χ4n) is 3.90. The fraction of sp³-hybridized carbons (Fsp3) is 0.500. The zero-order valence-corrected chi connectivity index (χ0v) is 22.3. The van der Waals surface area contributed by atoms with Crippen LogP contribution in [0.15, 0.2) is 53.5 Å². The van der Waals surface area contributed by atoms with Gasteiger partial charge in [-0.15, -0.1) is 24.0 Å². The quantitative estimate of drug-likeness (QED) is 0.176. The van der Waals surface area contributed by atoms with Crippen LogP contribution in [-0.4, -0.2) is 46.0 Å². The van der Waals surface area contributed by atoms with Crippen LogP contribution < -0.4 is 15.4 Å². The van der Waals surface area contributed by atoms with Crippen LogP contribution in [0.1, 0.15) is 42.6 Å². The number of ether oxygens (including phenoxy) is 3. The third kappa shape index (κ3) is 8.79. The number of benzene rings is 2. The molecule has 1 fully saturated rings. The molecule has 1 aliphatic heterocycles. The number of guanidine groups is 1. The van der Waals surface area contributed by atoms with Crippen molar-refractivity contribution in [2.75, 3.05) is 40.0 Å². The second-order valence-electron chi connectivity index (χ2n) is 8.13. The first-order chi connectivity index (χ1) is 15.7. The van der Waals surface area contributed by atoms with E-state index >= 15 is 0 Å². The lowest BCUT2D eigenvalue weighted by molar-refractivity contribution is 0.0915. The maximum absolute atomic E-state index is 6.03. The van der Waals surface area contributed by atoms with Crippen molar-refractivity contribution < 1.29 is 14.2 Å². The maximum Gasteiger partial charge on any atom is 0.191 e. The summed E-state index contributed by atoms with van der Waals surface area (Å²) >= 11 is 0. The zero-order chi connectivity index (χ0) is 22.6. The zero-order valence-electron chi connectivity index (χ0n) is 20.0. The summed E-state index contributed by atoms with van der Waals surface area (Å²) in [6.45, 7) is 8.47. The second-order valence-corrected chi connectivity index (χ2v) is 8.13. The average Bonchev–Trinajstić information content (AvgIpc) is 3.29. The molecular formula is C26H38IN3O3. The van der Waals surface area contributed by atoms with Crippen LogP contribution in [0, 0.1) is 12.8 Å². The molecule has 2 N–H and O–H groups in total. The Bertz CT molecular complexity index is 848. The van der Waals surface area contributed by atoms with E-state index in [4.69, 9.17) is 19.2 Å². The van der Waals surface area contributed by atoms with Crippen LogP contribution in [0.2, 0.25) is 0 Å². The highest BCUT2D eigenvalue weighted by Crippen LogP contribution is 2.33. The molecule has 0 aliphatic carbocycles. The Morgan fingerprint density at radius 1 is 1.12 bits per heavy atom. The minimum absolute atomic E-state index is 0. The monoisotopic (exact) mass is 567 g/mol. The van der Waals surface area contributed by atoms with E-state index < -0.39 is 0 Å². The van der Waals surface area contributed by atoms with Crippen molar-refractivity contribution >= 4 is 29.9 Å². The predicted octanol–water partition coefficient (Wildman–Crippen LogP) is 4.86. The molecule has 1 saturated heterocycles. The van der Waals surface area contributed by atoms with Crippen LogP contribution >= 0.6 is 24.0 Å². The van der Waals surface area contributed by atoms with Crippen molar-refractivity contribution in [3.8, 4) is 5.75 Å². The van der Waals surface area contributed by atoms with Gasteiger partial charge in [-0.1, -0.05) is 42.5 Å². The van der Waals surface area contributed by atoms with Crippen molar-refractivity contribution in [2.45, 2.75) is 39.3 Å². The maximum atomic E-state index is 6.03. The second kappa shape index (κ2) is 15.1. The standard InChI is InChI=1S/C26H37N3O3.HI/c1-4-27-26(29-19-23-13-16-32-25(23)21-9-6-5-7-10-21)28-18-22-12-11-20(2)17-24(22)31-15-8-14-30-3;/h5-7,9-12,17,23,25H,4,8,13-16,18-19H2,1-3H3,(H2,27,28,29);1H. The minimum atomic E-state index is 0. The van der Waals surface area contributed by atoms with Gasteiger partial charge in [0.1, 0.15) is 5.75 Å². The Balaban J connectivity index is 0.00000385. The number of methoxy groups -OCH3 is 1. The number of halogens is 1. The number of nitrogens with one attached hydrogen (secondary N) is 2. The van der Waals surface area contributed by atoms with Gasteiger partial charge < -0.3 is 24.8 Å². The van der Waals surface area contributed by atoms with E-state index in [0.29, 0.717) is 25.7 Å². The van der Waals surface area contributed by atoms with E-state index in [0.717, 1.165) is 49.8 Å². The molecule has 6 nitrogen and oxygen atoms in total. The van der Waals surface area contributed by atoms with Gasteiger partial charge in [-0.25, -0.2) is 4.99 Å².